The number of nitrogens with one attached hydrogen (secondary N) is 1. The van der Waals surface area contributed by atoms with E-state index in [0.717, 1.165) is 24.3 Å². The van der Waals surface area contributed by atoms with Crippen molar-refractivity contribution in [2.75, 3.05) is 0 Å². The number of halogens is 4. The molecule has 0 spiro atoms. The van der Waals surface area contributed by atoms with Gasteiger partial charge in [-0.05, 0) is 35.5 Å². The second kappa shape index (κ2) is 5.16. The molecule has 9 heteroatoms. The summed E-state index contributed by atoms with van der Waals surface area (Å²) in [6.45, 7) is 0. The summed E-state index contributed by atoms with van der Waals surface area (Å²) < 4.78 is 52.8. The molecule has 2 amide bonds. The third kappa shape index (κ3) is 3.50. The molecular weight excluding hydrogens is 302 g/mol. The molecule has 0 aliphatic carbocycles. The molecule has 0 bridgehead atoms. The summed E-state index contributed by atoms with van der Waals surface area (Å²) in [5.74, 6) is -2.87. The number of rotatable bonds is 2. The van der Waals surface area contributed by atoms with Crippen molar-refractivity contribution < 1.29 is 31.9 Å². The van der Waals surface area contributed by atoms with Gasteiger partial charge in [-0.1, -0.05) is 6.07 Å². The van der Waals surface area contributed by atoms with Gasteiger partial charge in [0.15, 0.2) is 11.6 Å². The highest BCUT2D eigenvalue weighted by molar-refractivity contribution is 8.18. The van der Waals surface area contributed by atoms with E-state index in [1.165, 1.54) is 0 Å². The van der Waals surface area contributed by atoms with Crippen molar-refractivity contribution in [2.24, 2.45) is 0 Å². The topological polar surface area (TPSA) is 55.4 Å². The molecule has 1 heterocycles. The SMILES string of the molecule is O=C1NC(=O)C(=Cc2ccc(F)c(OC(F)(F)F)c2)S1. The maximum Gasteiger partial charge on any atom is 0.573 e. The Bertz CT molecular complexity index is 612. The van der Waals surface area contributed by atoms with Crippen LogP contribution in [0.15, 0.2) is 23.1 Å². The first-order valence-electron chi connectivity index (χ1n) is 5.05. The zero-order chi connectivity index (χ0) is 14.9. The van der Waals surface area contributed by atoms with Gasteiger partial charge in [0.1, 0.15) is 0 Å². The number of carbonyl (C=O) groups is 2. The fourth-order valence-corrected chi connectivity index (χ4v) is 2.07. The Morgan fingerprint density at radius 1 is 1.25 bits per heavy atom. The Morgan fingerprint density at radius 2 is 1.95 bits per heavy atom. The molecule has 2 rings (SSSR count). The highest BCUT2D eigenvalue weighted by atomic mass is 32.2. The first-order chi connectivity index (χ1) is 9.24. The minimum atomic E-state index is -5.03. The highest BCUT2D eigenvalue weighted by Crippen LogP contribution is 2.29. The minimum Gasteiger partial charge on any atom is -0.403 e. The Labute approximate surface area is 113 Å². The second-order valence-corrected chi connectivity index (χ2v) is 4.60. The average molecular weight is 307 g/mol. The number of carbonyl (C=O) groups excluding carboxylic acids is 2. The zero-order valence-corrected chi connectivity index (χ0v) is 10.3. The molecule has 4 nitrogen and oxygen atoms in total. The van der Waals surface area contributed by atoms with Crippen LogP contribution in [0.3, 0.4) is 0 Å². The molecule has 1 N–H and O–H groups in total. The molecule has 106 valence electrons. The van der Waals surface area contributed by atoms with Crippen molar-refractivity contribution in [3.63, 3.8) is 0 Å². The van der Waals surface area contributed by atoms with Crippen molar-refractivity contribution >= 4 is 29.0 Å². The largest absolute Gasteiger partial charge is 0.573 e. The van der Waals surface area contributed by atoms with Gasteiger partial charge in [-0.15, -0.1) is 13.2 Å². The van der Waals surface area contributed by atoms with Gasteiger partial charge in [-0.2, -0.15) is 0 Å². The Morgan fingerprint density at radius 3 is 2.50 bits per heavy atom. The average Bonchev–Trinajstić information content (AvgIpc) is 2.60. The number of amides is 2. The van der Waals surface area contributed by atoms with E-state index in [9.17, 15) is 27.2 Å². The van der Waals surface area contributed by atoms with E-state index in [4.69, 9.17) is 0 Å². The summed E-state index contributed by atoms with van der Waals surface area (Å²) in [5, 5.41) is 1.39. The van der Waals surface area contributed by atoms with Crippen LogP contribution in [-0.4, -0.2) is 17.5 Å². The molecular formula is C11H5F4NO3S. The molecule has 0 saturated carbocycles. The zero-order valence-electron chi connectivity index (χ0n) is 9.45. The summed E-state index contributed by atoms with van der Waals surface area (Å²) in [7, 11) is 0. The molecule has 0 unspecified atom stereocenters. The van der Waals surface area contributed by atoms with Crippen LogP contribution in [-0.2, 0) is 4.79 Å². The number of alkyl halides is 3. The molecule has 0 radical (unpaired) electrons. The van der Waals surface area contributed by atoms with Crippen molar-refractivity contribution in [3.8, 4) is 5.75 Å². The molecule has 1 saturated heterocycles. The van der Waals surface area contributed by atoms with Gasteiger partial charge in [-0.3, -0.25) is 14.9 Å². The highest BCUT2D eigenvalue weighted by Gasteiger charge is 2.32. The lowest BCUT2D eigenvalue weighted by atomic mass is 10.2. The van der Waals surface area contributed by atoms with Gasteiger partial charge in [-0.25, -0.2) is 4.39 Å². The Kier molecular flexibility index (Phi) is 3.71. The summed E-state index contributed by atoms with van der Waals surface area (Å²) in [4.78, 5) is 22.2. The van der Waals surface area contributed by atoms with Crippen LogP contribution in [0, 0.1) is 5.82 Å². The van der Waals surface area contributed by atoms with Gasteiger partial charge in [0.05, 0.1) is 4.91 Å². The molecule has 1 aromatic carbocycles. The van der Waals surface area contributed by atoms with Gasteiger partial charge >= 0.3 is 6.36 Å². The smallest absolute Gasteiger partial charge is 0.403 e. The van der Waals surface area contributed by atoms with Crippen molar-refractivity contribution in [1.29, 1.82) is 0 Å². The van der Waals surface area contributed by atoms with E-state index in [2.05, 4.69) is 4.74 Å². The van der Waals surface area contributed by atoms with Gasteiger partial charge in [0.2, 0.25) is 0 Å². The van der Waals surface area contributed by atoms with Gasteiger partial charge in [0, 0.05) is 0 Å². The number of hydrogen-bond acceptors (Lipinski definition) is 4. The maximum absolute atomic E-state index is 13.2. The second-order valence-electron chi connectivity index (χ2n) is 3.59. The number of thioether (sulfide) groups is 1. The summed E-state index contributed by atoms with van der Waals surface area (Å²) in [5.41, 5.74) is 0.0954. The van der Waals surface area contributed by atoms with Crippen LogP contribution in [0.1, 0.15) is 5.56 Å². The third-order valence-electron chi connectivity index (χ3n) is 2.12. The molecule has 0 atom stereocenters. The van der Waals surface area contributed by atoms with Crippen LogP contribution in [0.5, 0.6) is 5.75 Å². The molecule has 1 fully saturated rings. The van der Waals surface area contributed by atoms with E-state index in [-0.39, 0.29) is 10.5 Å². The summed E-state index contributed by atoms with van der Waals surface area (Å²) in [6.07, 6.45) is -3.87. The lowest BCUT2D eigenvalue weighted by Crippen LogP contribution is -2.18. The van der Waals surface area contributed by atoms with Crippen molar-refractivity contribution in [1.82, 2.24) is 5.32 Å². The standard InChI is InChI=1S/C11H5F4NO3S/c12-6-2-1-5(3-7(6)19-11(13,14)15)4-8-9(17)16-10(18)20-8/h1-4H,(H,16,17,18). The third-order valence-corrected chi connectivity index (χ3v) is 2.93. The minimum absolute atomic E-state index is 0.000401. The lowest BCUT2D eigenvalue weighted by molar-refractivity contribution is -0.275. The fraction of sp³-hybridized carbons (Fsp3) is 0.0909. The van der Waals surface area contributed by atoms with Crippen LogP contribution in [0.25, 0.3) is 6.08 Å². The molecule has 1 aromatic rings. The number of benzene rings is 1. The number of ether oxygens (including phenoxy) is 1. The predicted molar refractivity (Wildman–Crippen MR) is 62.2 cm³/mol. The summed E-state index contributed by atoms with van der Waals surface area (Å²) >= 11 is 0.596. The molecule has 20 heavy (non-hydrogen) atoms. The predicted octanol–water partition coefficient (Wildman–Crippen LogP) is 3.05. The van der Waals surface area contributed by atoms with E-state index >= 15 is 0 Å². The van der Waals surface area contributed by atoms with Crippen LogP contribution >= 0.6 is 11.8 Å². The van der Waals surface area contributed by atoms with E-state index < -0.39 is 29.1 Å². The Hall–Kier alpha value is -2.03. The quantitative estimate of drug-likeness (QED) is 0.674. The Balaban J connectivity index is 2.30. The molecule has 1 aliphatic rings. The van der Waals surface area contributed by atoms with E-state index in [1.54, 1.807) is 0 Å². The lowest BCUT2D eigenvalue weighted by Gasteiger charge is -2.10. The number of hydrogen-bond donors (Lipinski definition) is 1. The molecule has 0 aromatic heterocycles. The number of imide groups is 1. The first kappa shape index (κ1) is 14.4. The first-order valence-corrected chi connectivity index (χ1v) is 5.86. The summed E-state index contributed by atoms with van der Waals surface area (Å²) in [6, 6.07) is 2.71. The van der Waals surface area contributed by atoms with E-state index in [1.807, 2.05) is 5.32 Å². The van der Waals surface area contributed by atoms with Crippen molar-refractivity contribution in [2.45, 2.75) is 6.36 Å². The molecule has 1 aliphatic heterocycles. The van der Waals surface area contributed by atoms with Gasteiger partial charge in [0.25, 0.3) is 11.1 Å². The van der Waals surface area contributed by atoms with Crippen LogP contribution in [0.2, 0.25) is 0 Å². The van der Waals surface area contributed by atoms with Crippen LogP contribution in [0.4, 0.5) is 22.4 Å². The maximum atomic E-state index is 13.2. The fourth-order valence-electron chi connectivity index (χ4n) is 1.39. The monoisotopic (exact) mass is 307 g/mol. The van der Waals surface area contributed by atoms with Crippen LogP contribution < -0.4 is 10.1 Å². The van der Waals surface area contributed by atoms with Crippen molar-refractivity contribution in [3.05, 3.63) is 34.5 Å². The normalized spacial score (nSPS) is 17.5. The van der Waals surface area contributed by atoms with Gasteiger partial charge < -0.3 is 4.74 Å². The van der Waals surface area contributed by atoms with E-state index in [0.29, 0.717) is 11.8 Å².